The molecular weight excluding hydrogens is 324 g/mol. The van der Waals surface area contributed by atoms with E-state index in [0.717, 1.165) is 38.1 Å². The molecule has 1 aliphatic heterocycles. The van der Waals surface area contributed by atoms with Crippen LogP contribution in [0.15, 0.2) is 17.5 Å². The van der Waals surface area contributed by atoms with Gasteiger partial charge in [-0.1, -0.05) is 18.9 Å². The molecular formula is C18H28N2OS2. The Kier molecular flexibility index (Phi) is 5.70. The highest BCUT2D eigenvalue weighted by Crippen LogP contribution is 2.45. The van der Waals surface area contributed by atoms with E-state index < -0.39 is 0 Å². The van der Waals surface area contributed by atoms with Gasteiger partial charge >= 0.3 is 0 Å². The van der Waals surface area contributed by atoms with Gasteiger partial charge in [-0.25, -0.2) is 0 Å². The summed E-state index contributed by atoms with van der Waals surface area (Å²) in [4.78, 5) is 19.4. The van der Waals surface area contributed by atoms with E-state index in [4.69, 9.17) is 0 Å². The molecule has 0 aromatic carbocycles. The summed E-state index contributed by atoms with van der Waals surface area (Å²) in [5.74, 6) is 2.66. The first-order chi connectivity index (χ1) is 11.1. The molecule has 3 rings (SSSR count). The number of hydrogen-bond donors (Lipinski definition) is 0. The first-order valence-electron chi connectivity index (χ1n) is 8.71. The normalized spacial score (nSPS) is 24.8. The minimum atomic E-state index is -0.228. The monoisotopic (exact) mass is 352 g/mol. The number of thioether (sulfide) groups is 1. The van der Waals surface area contributed by atoms with Crippen molar-refractivity contribution < 1.29 is 4.79 Å². The number of thiophene rings is 1. The van der Waals surface area contributed by atoms with Gasteiger partial charge in [0.05, 0.1) is 11.5 Å². The fourth-order valence-corrected chi connectivity index (χ4v) is 6.07. The van der Waals surface area contributed by atoms with E-state index in [0.29, 0.717) is 11.9 Å². The Morgan fingerprint density at radius 1 is 1.35 bits per heavy atom. The van der Waals surface area contributed by atoms with Crippen molar-refractivity contribution in [3.8, 4) is 0 Å². The molecule has 0 radical (unpaired) electrons. The Labute approximate surface area is 148 Å². The van der Waals surface area contributed by atoms with Crippen molar-refractivity contribution in [1.82, 2.24) is 9.80 Å². The lowest BCUT2D eigenvalue weighted by Crippen LogP contribution is -2.53. The van der Waals surface area contributed by atoms with Crippen LogP contribution in [0.1, 0.15) is 37.0 Å². The zero-order chi connectivity index (χ0) is 16.3. The zero-order valence-electron chi connectivity index (χ0n) is 14.3. The van der Waals surface area contributed by atoms with Crippen LogP contribution in [0.25, 0.3) is 0 Å². The van der Waals surface area contributed by atoms with Gasteiger partial charge in [0.15, 0.2) is 0 Å². The molecule has 0 bridgehead atoms. The Morgan fingerprint density at radius 2 is 2.13 bits per heavy atom. The third-order valence-corrected chi connectivity index (χ3v) is 7.41. The van der Waals surface area contributed by atoms with Gasteiger partial charge in [-0.3, -0.25) is 4.79 Å². The predicted molar refractivity (Wildman–Crippen MR) is 100 cm³/mol. The average Bonchev–Trinajstić information content (AvgIpc) is 3.16. The number of amides is 1. The maximum absolute atomic E-state index is 13.7. The highest BCUT2D eigenvalue weighted by molar-refractivity contribution is 7.99. The van der Waals surface area contributed by atoms with Crippen LogP contribution in [0, 0.1) is 0 Å². The van der Waals surface area contributed by atoms with Gasteiger partial charge in [0.2, 0.25) is 5.91 Å². The van der Waals surface area contributed by atoms with E-state index in [1.807, 2.05) is 11.8 Å². The maximum Gasteiger partial charge on any atom is 0.234 e. The summed E-state index contributed by atoms with van der Waals surface area (Å²) in [6, 6.07) is 4.63. The van der Waals surface area contributed by atoms with E-state index in [2.05, 4.69) is 41.4 Å². The second-order valence-corrected chi connectivity index (χ2v) is 9.21. The maximum atomic E-state index is 13.7. The number of carbonyl (C=O) groups is 1. The molecule has 5 heteroatoms. The van der Waals surface area contributed by atoms with Crippen molar-refractivity contribution in [2.45, 2.75) is 43.6 Å². The summed E-state index contributed by atoms with van der Waals surface area (Å²) in [7, 11) is 4.23. The Bertz CT molecular complexity index is 509. The van der Waals surface area contributed by atoms with Crippen LogP contribution in [0.4, 0.5) is 0 Å². The molecule has 0 N–H and O–H groups in total. The highest BCUT2D eigenvalue weighted by atomic mass is 32.2. The summed E-state index contributed by atoms with van der Waals surface area (Å²) in [6.07, 6.45) is 5.56. The molecule has 1 atom stereocenters. The SMILES string of the molecule is CN(C)CC1CSCCCN1C(=O)C1(c2cccs2)CCCC1. The van der Waals surface area contributed by atoms with Crippen molar-refractivity contribution >= 4 is 29.0 Å². The van der Waals surface area contributed by atoms with Crippen LogP contribution in [-0.4, -0.2) is 60.4 Å². The van der Waals surface area contributed by atoms with Crippen LogP contribution >= 0.6 is 23.1 Å². The smallest absolute Gasteiger partial charge is 0.234 e. The van der Waals surface area contributed by atoms with E-state index in [-0.39, 0.29) is 5.41 Å². The molecule has 1 amide bonds. The largest absolute Gasteiger partial charge is 0.337 e. The molecule has 2 fully saturated rings. The molecule has 2 aliphatic rings. The number of likely N-dealkylation sites (N-methyl/N-ethyl adjacent to an activating group) is 1. The molecule has 1 aliphatic carbocycles. The molecule has 2 heterocycles. The van der Waals surface area contributed by atoms with E-state index in [1.165, 1.54) is 23.5 Å². The second-order valence-electron chi connectivity index (χ2n) is 7.11. The van der Waals surface area contributed by atoms with Gasteiger partial charge in [-0.15, -0.1) is 11.3 Å². The molecule has 3 nitrogen and oxygen atoms in total. The van der Waals surface area contributed by atoms with E-state index in [9.17, 15) is 4.79 Å². The van der Waals surface area contributed by atoms with Crippen LogP contribution < -0.4 is 0 Å². The van der Waals surface area contributed by atoms with E-state index >= 15 is 0 Å². The van der Waals surface area contributed by atoms with Crippen molar-refractivity contribution in [1.29, 1.82) is 0 Å². The van der Waals surface area contributed by atoms with Gasteiger partial charge in [-0.2, -0.15) is 11.8 Å². The zero-order valence-corrected chi connectivity index (χ0v) is 15.9. The summed E-state index contributed by atoms with van der Waals surface area (Å²) < 4.78 is 0. The second kappa shape index (κ2) is 7.58. The van der Waals surface area contributed by atoms with Gasteiger partial charge in [0, 0.05) is 23.7 Å². The standard InChI is InChI=1S/C18H28N2OS2/c1-19(2)13-15-14-22-11-6-10-20(15)17(21)18(8-3-4-9-18)16-7-5-12-23-16/h5,7,12,15H,3-4,6,8-11,13-14H2,1-2H3. The molecule has 1 unspecified atom stereocenters. The molecule has 1 saturated heterocycles. The molecule has 1 aromatic rings. The molecule has 1 saturated carbocycles. The van der Waals surface area contributed by atoms with Crippen molar-refractivity contribution in [3.05, 3.63) is 22.4 Å². The summed E-state index contributed by atoms with van der Waals surface area (Å²) in [6.45, 7) is 1.90. The lowest BCUT2D eigenvalue weighted by Gasteiger charge is -2.38. The molecule has 23 heavy (non-hydrogen) atoms. The number of hydrogen-bond acceptors (Lipinski definition) is 4. The van der Waals surface area contributed by atoms with Gasteiger partial charge in [0.1, 0.15) is 0 Å². The topological polar surface area (TPSA) is 23.6 Å². The number of nitrogens with zero attached hydrogens (tertiary/aromatic N) is 2. The van der Waals surface area contributed by atoms with Gasteiger partial charge in [0.25, 0.3) is 0 Å². The van der Waals surface area contributed by atoms with E-state index in [1.54, 1.807) is 11.3 Å². The Morgan fingerprint density at radius 3 is 2.78 bits per heavy atom. The van der Waals surface area contributed by atoms with Crippen LogP contribution in [0.3, 0.4) is 0 Å². The molecule has 128 valence electrons. The van der Waals surface area contributed by atoms with Crippen LogP contribution in [-0.2, 0) is 10.2 Å². The van der Waals surface area contributed by atoms with Gasteiger partial charge in [-0.05, 0) is 50.6 Å². The fourth-order valence-electron chi connectivity index (χ4n) is 4.04. The van der Waals surface area contributed by atoms with Crippen molar-refractivity contribution in [2.75, 3.05) is 38.7 Å². The van der Waals surface area contributed by atoms with Crippen molar-refractivity contribution in [3.63, 3.8) is 0 Å². The Balaban J connectivity index is 1.88. The quantitative estimate of drug-likeness (QED) is 0.829. The minimum absolute atomic E-state index is 0.228. The van der Waals surface area contributed by atoms with Crippen LogP contribution in [0.2, 0.25) is 0 Å². The average molecular weight is 353 g/mol. The third kappa shape index (κ3) is 3.62. The summed E-state index contributed by atoms with van der Waals surface area (Å²) in [5, 5.41) is 2.12. The van der Waals surface area contributed by atoms with Gasteiger partial charge < -0.3 is 9.80 Å². The highest BCUT2D eigenvalue weighted by Gasteiger charge is 2.47. The summed E-state index contributed by atoms with van der Waals surface area (Å²) in [5.41, 5.74) is -0.228. The number of rotatable bonds is 4. The van der Waals surface area contributed by atoms with Crippen LogP contribution in [0.5, 0.6) is 0 Å². The number of carbonyl (C=O) groups excluding carboxylic acids is 1. The fraction of sp³-hybridized carbons (Fsp3) is 0.722. The van der Waals surface area contributed by atoms with Crippen molar-refractivity contribution in [2.24, 2.45) is 0 Å². The first kappa shape index (κ1) is 17.3. The Hall–Kier alpha value is -0.520. The molecule has 0 spiro atoms. The predicted octanol–water partition coefficient (Wildman–Crippen LogP) is 3.46. The third-order valence-electron chi connectivity index (χ3n) is 5.13. The lowest BCUT2D eigenvalue weighted by molar-refractivity contribution is -0.139. The minimum Gasteiger partial charge on any atom is -0.337 e. The first-order valence-corrected chi connectivity index (χ1v) is 10.7. The summed E-state index contributed by atoms with van der Waals surface area (Å²) >= 11 is 3.78. The molecule has 1 aromatic heterocycles. The lowest BCUT2D eigenvalue weighted by atomic mass is 9.82.